The van der Waals surface area contributed by atoms with Crippen LogP contribution in [0.15, 0.2) is 21.5 Å². The van der Waals surface area contributed by atoms with Crippen molar-refractivity contribution in [2.75, 3.05) is 13.7 Å². The highest BCUT2D eigenvalue weighted by Gasteiger charge is 2.16. The summed E-state index contributed by atoms with van der Waals surface area (Å²) >= 11 is 0. The number of amides is 1. The molecular weight excluding hydrogens is 246 g/mol. The molecule has 0 radical (unpaired) electrons. The Hall–Kier alpha value is -1.78. The van der Waals surface area contributed by atoms with Crippen LogP contribution in [0.4, 0.5) is 0 Å². The molecule has 1 fully saturated rings. The maximum Gasteiger partial charge on any atom is 0.287 e. The lowest BCUT2D eigenvalue weighted by atomic mass is 9.89. The Kier molecular flexibility index (Phi) is 4.60. The molecule has 104 valence electrons. The molecule has 0 saturated heterocycles. The molecule has 2 rings (SSSR count). The summed E-state index contributed by atoms with van der Waals surface area (Å²) in [5.41, 5.74) is -0.350. The van der Waals surface area contributed by atoms with E-state index in [2.05, 4.69) is 5.32 Å². The van der Waals surface area contributed by atoms with Gasteiger partial charge in [0, 0.05) is 12.6 Å². The molecule has 1 aromatic rings. The van der Waals surface area contributed by atoms with E-state index in [-0.39, 0.29) is 22.8 Å². The second kappa shape index (κ2) is 6.41. The first kappa shape index (κ1) is 13.6. The fourth-order valence-electron chi connectivity index (χ4n) is 2.38. The second-order valence-corrected chi connectivity index (χ2v) is 4.89. The molecule has 1 saturated carbocycles. The maximum atomic E-state index is 11.9. The average Bonchev–Trinajstić information content (AvgIpc) is 2.45. The number of carbonyl (C=O) groups is 1. The Morgan fingerprint density at radius 3 is 2.79 bits per heavy atom. The number of methoxy groups -OCH3 is 1. The Bertz CT molecular complexity index is 488. The first-order chi connectivity index (χ1) is 9.20. The SMILES string of the molecule is COc1coc(C(=O)NCC2CCCCC2)cc1=O. The molecule has 1 aliphatic rings. The van der Waals surface area contributed by atoms with Crippen molar-refractivity contribution in [3.05, 3.63) is 28.3 Å². The van der Waals surface area contributed by atoms with E-state index < -0.39 is 0 Å². The molecule has 0 bridgehead atoms. The number of ether oxygens (including phenoxy) is 1. The third kappa shape index (κ3) is 3.59. The van der Waals surface area contributed by atoms with Gasteiger partial charge in [0.2, 0.25) is 11.2 Å². The minimum atomic E-state index is -0.350. The molecular formula is C14H19NO4. The molecule has 0 atom stereocenters. The highest BCUT2D eigenvalue weighted by Crippen LogP contribution is 2.22. The van der Waals surface area contributed by atoms with Gasteiger partial charge in [-0.1, -0.05) is 19.3 Å². The van der Waals surface area contributed by atoms with E-state index in [4.69, 9.17) is 9.15 Å². The van der Waals surface area contributed by atoms with Gasteiger partial charge >= 0.3 is 0 Å². The number of hydrogen-bond acceptors (Lipinski definition) is 4. The summed E-state index contributed by atoms with van der Waals surface area (Å²) in [7, 11) is 1.38. The molecule has 1 heterocycles. The second-order valence-electron chi connectivity index (χ2n) is 4.89. The maximum absolute atomic E-state index is 11.9. The van der Waals surface area contributed by atoms with Crippen LogP contribution in [-0.2, 0) is 0 Å². The first-order valence-corrected chi connectivity index (χ1v) is 6.65. The third-order valence-corrected chi connectivity index (χ3v) is 3.52. The molecule has 1 amide bonds. The van der Waals surface area contributed by atoms with Gasteiger partial charge in [-0.15, -0.1) is 0 Å². The van der Waals surface area contributed by atoms with Crippen molar-refractivity contribution in [2.24, 2.45) is 5.92 Å². The van der Waals surface area contributed by atoms with E-state index in [0.717, 1.165) is 25.2 Å². The van der Waals surface area contributed by atoms with Crippen molar-refractivity contribution in [3.63, 3.8) is 0 Å². The van der Waals surface area contributed by atoms with Gasteiger partial charge in [-0.2, -0.15) is 0 Å². The predicted octanol–water partition coefficient (Wildman–Crippen LogP) is 1.96. The van der Waals surface area contributed by atoms with Crippen LogP contribution in [0.25, 0.3) is 0 Å². The fourth-order valence-corrected chi connectivity index (χ4v) is 2.38. The fraction of sp³-hybridized carbons (Fsp3) is 0.571. The van der Waals surface area contributed by atoms with E-state index in [0.29, 0.717) is 12.5 Å². The van der Waals surface area contributed by atoms with Crippen molar-refractivity contribution < 1.29 is 13.9 Å². The van der Waals surface area contributed by atoms with Gasteiger partial charge < -0.3 is 14.5 Å². The quantitative estimate of drug-likeness (QED) is 0.903. The van der Waals surface area contributed by atoms with Gasteiger partial charge in [0.1, 0.15) is 6.26 Å². The van der Waals surface area contributed by atoms with Crippen LogP contribution in [-0.4, -0.2) is 19.6 Å². The molecule has 1 aliphatic carbocycles. The van der Waals surface area contributed by atoms with Crippen molar-refractivity contribution in [3.8, 4) is 5.75 Å². The summed E-state index contributed by atoms with van der Waals surface area (Å²) in [6, 6.07) is 1.16. The van der Waals surface area contributed by atoms with Crippen molar-refractivity contribution >= 4 is 5.91 Å². The van der Waals surface area contributed by atoms with Crippen LogP contribution in [0.1, 0.15) is 42.7 Å². The highest BCUT2D eigenvalue weighted by atomic mass is 16.5. The molecule has 5 nitrogen and oxygen atoms in total. The highest BCUT2D eigenvalue weighted by molar-refractivity contribution is 5.91. The third-order valence-electron chi connectivity index (χ3n) is 3.52. The Morgan fingerprint density at radius 1 is 1.42 bits per heavy atom. The number of carbonyl (C=O) groups excluding carboxylic acids is 1. The van der Waals surface area contributed by atoms with Crippen LogP contribution in [0.3, 0.4) is 0 Å². The lowest BCUT2D eigenvalue weighted by Gasteiger charge is -2.21. The smallest absolute Gasteiger partial charge is 0.287 e. The zero-order chi connectivity index (χ0) is 13.7. The van der Waals surface area contributed by atoms with Crippen LogP contribution < -0.4 is 15.5 Å². The molecule has 5 heteroatoms. The molecule has 19 heavy (non-hydrogen) atoms. The zero-order valence-electron chi connectivity index (χ0n) is 11.1. The van der Waals surface area contributed by atoms with E-state index in [9.17, 15) is 9.59 Å². The van der Waals surface area contributed by atoms with Crippen molar-refractivity contribution in [2.45, 2.75) is 32.1 Å². The molecule has 0 aromatic carbocycles. The Balaban J connectivity index is 1.92. The normalized spacial score (nSPS) is 16.1. The van der Waals surface area contributed by atoms with Crippen molar-refractivity contribution in [1.29, 1.82) is 0 Å². The zero-order valence-corrected chi connectivity index (χ0v) is 11.1. The average molecular weight is 265 g/mol. The van der Waals surface area contributed by atoms with Crippen molar-refractivity contribution in [1.82, 2.24) is 5.32 Å². The first-order valence-electron chi connectivity index (χ1n) is 6.65. The Morgan fingerprint density at radius 2 is 2.16 bits per heavy atom. The van der Waals surface area contributed by atoms with Gasteiger partial charge in [0.25, 0.3) is 5.91 Å². The molecule has 0 spiro atoms. The van der Waals surface area contributed by atoms with E-state index in [1.54, 1.807) is 0 Å². The lowest BCUT2D eigenvalue weighted by molar-refractivity contribution is 0.0912. The number of nitrogens with one attached hydrogen (secondary N) is 1. The molecule has 1 aromatic heterocycles. The van der Waals surface area contributed by atoms with Crippen LogP contribution in [0.5, 0.6) is 5.75 Å². The predicted molar refractivity (Wildman–Crippen MR) is 70.4 cm³/mol. The van der Waals surface area contributed by atoms with Gasteiger partial charge in [0.15, 0.2) is 5.76 Å². The van der Waals surface area contributed by atoms with Crippen LogP contribution in [0, 0.1) is 5.92 Å². The molecule has 0 aliphatic heterocycles. The van der Waals surface area contributed by atoms with E-state index in [1.165, 1.54) is 26.4 Å². The topological polar surface area (TPSA) is 68.5 Å². The number of rotatable bonds is 4. The summed E-state index contributed by atoms with van der Waals surface area (Å²) in [6.07, 6.45) is 7.24. The van der Waals surface area contributed by atoms with E-state index in [1.807, 2.05) is 0 Å². The van der Waals surface area contributed by atoms with Gasteiger partial charge in [0.05, 0.1) is 7.11 Å². The number of hydrogen-bond donors (Lipinski definition) is 1. The summed E-state index contributed by atoms with van der Waals surface area (Å²) < 4.78 is 9.89. The minimum Gasteiger partial charge on any atom is -0.490 e. The van der Waals surface area contributed by atoms with Gasteiger partial charge in [-0.3, -0.25) is 9.59 Å². The molecule has 0 unspecified atom stereocenters. The largest absolute Gasteiger partial charge is 0.490 e. The minimum absolute atomic E-state index is 0.0293. The van der Waals surface area contributed by atoms with Crippen LogP contribution in [0.2, 0.25) is 0 Å². The van der Waals surface area contributed by atoms with Gasteiger partial charge in [-0.05, 0) is 18.8 Å². The summed E-state index contributed by atoms with van der Waals surface area (Å²) in [5, 5.41) is 2.82. The summed E-state index contributed by atoms with van der Waals surface area (Å²) in [5.74, 6) is 0.332. The van der Waals surface area contributed by atoms with Gasteiger partial charge in [-0.25, -0.2) is 0 Å². The van der Waals surface area contributed by atoms with Crippen LogP contribution >= 0.6 is 0 Å². The van der Waals surface area contributed by atoms with E-state index >= 15 is 0 Å². The monoisotopic (exact) mass is 265 g/mol. The summed E-state index contributed by atoms with van der Waals surface area (Å²) in [4.78, 5) is 23.4. The Labute approximate surface area is 112 Å². The lowest BCUT2D eigenvalue weighted by Crippen LogP contribution is -2.30. The summed E-state index contributed by atoms with van der Waals surface area (Å²) in [6.45, 7) is 0.647. The molecule has 1 N–H and O–H groups in total. The standard InChI is InChI=1S/C14H19NO4/c1-18-13-9-19-12(7-11(13)16)14(17)15-8-10-5-3-2-4-6-10/h7,9-10H,2-6,8H2,1H3,(H,15,17).